The summed E-state index contributed by atoms with van der Waals surface area (Å²) in [5.74, 6) is 2.21. The molecular formula is C41H53N7O4. The number of hydrogen-bond donors (Lipinski definition) is 1. The molecule has 5 heterocycles. The van der Waals surface area contributed by atoms with E-state index in [2.05, 4.69) is 52.0 Å². The first kappa shape index (κ1) is 33.7. The second-order valence-corrected chi connectivity index (χ2v) is 17.1. The van der Waals surface area contributed by atoms with Gasteiger partial charge in [0.25, 0.3) is 0 Å². The van der Waals surface area contributed by atoms with Crippen molar-refractivity contribution < 1.29 is 19.0 Å². The Morgan fingerprint density at radius 2 is 1.71 bits per heavy atom. The van der Waals surface area contributed by atoms with Crippen LogP contribution in [0.4, 0.5) is 10.6 Å². The van der Waals surface area contributed by atoms with Crippen molar-refractivity contribution in [3.63, 3.8) is 0 Å². The van der Waals surface area contributed by atoms with E-state index in [1.54, 1.807) is 0 Å². The third kappa shape index (κ3) is 6.32. The lowest BCUT2D eigenvalue weighted by atomic mass is 9.72. The second kappa shape index (κ2) is 12.8. The number of nitrogens with one attached hydrogen (secondary N) is 1. The first-order valence-corrected chi connectivity index (χ1v) is 19.7. The van der Waals surface area contributed by atoms with E-state index in [1.807, 2.05) is 31.9 Å². The predicted molar refractivity (Wildman–Crippen MR) is 202 cm³/mol. The van der Waals surface area contributed by atoms with Crippen LogP contribution in [0.15, 0.2) is 24.4 Å². The molecule has 9 rings (SSSR count). The Kier molecular flexibility index (Phi) is 8.28. The molecule has 0 bridgehead atoms. The van der Waals surface area contributed by atoms with Crippen LogP contribution in [0, 0.1) is 12.3 Å². The molecule has 0 unspecified atom stereocenters. The van der Waals surface area contributed by atoms with Crippen LogP contribution in [-0.4, -0.2) is 99.7 Å². The summed E-state index contributed by atoms with van der Waals surface area (Å²) >= 11 is 0. The van der Waals surface area contributed by atoms with Gasteiger partial charge in [0.2, 0.25) is 0 Å². The number of ether oxygens (including phenoxy) is 3. The standard InChI is InChI=1S/C41H53N7O4/c1-6-50-36-34(33-25(2)7-12-32-31(33)22-42-45-32)29(26-8-9-26)21-30-35(36)43-38(51-28-13-17-46(18-14-28)27-10-11-27)44-37(30)47-19-15-41(16-20-47)23-48(24-41)39(49)52-40(3,4)5/h7,12,21-22,26-28H,6,8-11,13-20,23-24H2,1-5H3,(H,42,45). The third-order valence-electron chi connectivity index (χ3n) is 12.0. The fraction of sp³-hybridized carbons (Fsp3) is 0.610. The van der Waals surface area contributed by atoms with E-state index in [4.69, 9.17) is 24.2 Å². The molecular weight excluding hydrogens is 654 g/mol. The van der Waals surface area contributed by atoms with Crippen molar-refractivity contribution in [3.05, 3.63) is 35.5 Å². The average molecular weight is 708 g/mol. The number of carbonyl (C=O) groups is 1. The molecule has 0 radical (unpaired) electrons. The van der Waals surface area contributed by atoms with E-state index in [-0.39, 0.29) is 17.6 Å². The summed E-state index contributed by atoms with van der Waals surface area (Å²) in [4.78, 5) is 30.2. The maximum atomic E-state index is 12.8. The Morgan fingerprint density at radius 3 is 2.38 bits per heavy atom. The van der Waals surface area contributed by atoms with Gasteiger partial charge in [-0.15, -0.1) is 0 Å². The van der Waals surface area contributed by atoms with Crippen molar-refractivity contribution in [2.24, 2.45) is 5.41 Å². The van der Waals surface area contributed by atoms with Crippen LogP contribution >= 0.6 is 0 Å². The Hall–Kier alpha value is -4.12. The molecule has 276 valence electrons. The highest BCUT2D eigenvalue weighted by Gasteiger charge is 2.48. The summed E-state index contributed by atoms with van der Waals surface area (Å²) in [6, 6.07) is 7.87. The van der Waals surface area contributed by atoms with Crippen molar-refractivity contribution in [1.82, 2.24) is 30.0 Å². The van der Waals surface area contributed by atoms with Crippen LogP contribution in [0.1, 0.15) is 96.1 Å². The van der Waals surface area contributed by atoms with Crippen LogP contribution in [-0.2, 0) is 4.74 Å². The van der Waals surface area contributed by atoms with Gasteiger partial charge in [0.05, 0.1) is 18.3 Å². The van der Waals surface area contributed by atoms with Gasteiger partial charge in [0.1, 0.15) is 23.0 Å². The number of rotatable bonds is 8. The maximum absolute atomic E-state index is 12.8. The van der Waals surface area contributed by atoms with Crippen LogP contribution in [0.3, 0.4) is 0 Å². The minimum absolute atomic E-state index is 0.0846. The van der Waals surface area contributed by atoms with Gasteiger partial charge in [-0.1, -0.05) is 6.07 Å². The predicted octanol–water partition coefficient (Wildman–Crippen LogP) is 7.60. The lowest BCUT2D eigenvalue weighted by molar-refractivity contribution is -0.0434. The average Bonchev–Trinajstić information content (AvgIpc) is 4.05. The number of aromatic nitrogens is 4. The van der Waals surface area contributed by atoms with Crippen LogP contribution < -0.4 is 14.4 Å². The normalized spacial score (nSPS) is 21.2. The van der Waals surface area contributed by atoms with Gasteiger partial charge in [-0.2, -0.15) is 15.1 Å². The summed E-state index contributed by atoms with van der Waals surface area (Å²) in [6.07, 6.45) is 10.7. The molecule has 4 aromatic rings. The molecule has 1 amide bonds. The zero-order chi connectivity index (χ0) is 35.8. The number of benzene rings is 2. The monoisotopic (exact) mass is 707 g/mol. The molecule has 3 aliphatic heterocycles. The van der Waals surface area contributed by atoms with Crippen molar-refractivity contribution in [3.8, 4) is 22.9 Å². The van der Waals surface area contributed by atoms with Gasteiger partial charge in [0, 0.05) is 67.1 Å². The highest BCUT2D eigenvalue weighted by atomic mass is 16.6. The molecule has 11 heteroatoms. The summed E-state index contributed by atoms with van der Waals surface area (Å²) in [6.45, 7) is 15.9. The quantitative estimate of drug-likeness (QED) is 0.198. The van der Waals surface area contributed by atoms with E-state index < -0.39 is 5.60 Å². The third-order valence-corrected chi connectivity index (χ3v) is 12.0. The van der Waals surface area contributed by atoms with Gasteiger partial charge >= 0.3 is 12.1 Å². The number of aromatic amines is 1. The maximum Gasteiger partial charge on any atom is 0.410 e. The Labute approximate surface area is 306 Å². The number of aryl methyl sites for hydroxylation is 1. The first-order valence-electron chi connectivity index (χ1n) is 19.7. The Balaban J connectivity index is 1.10. The van der Waals surface area contributed by atoms with Crippen molar-refractivity contribution >= 4 is 33.7 Å². The van der Waals surface area contributed by atoms with Gasteiger partial charge in [-0.05, 0) is 121 Å². The summed E-state index contributed by atoms with van der Waals surface area (Å²) < 4.78 is 19.1. The van der Waals surface area contributed by atoms with E-state index in [0.29, 0.717) is 18.5 Å². The molecule has 11 nitrogen and oxygen atoms in total. The zero-order valence-corrected chi connectivity index (χ0v) is 31.5. The number of nitrogens with zero attached hydrogens (tertiary/aromatic N) is 6. The van der Waals surface area contributed by atoms with Crippen molar-refractivity contribution in [2.45, 2.75) is 110 Å². The molecule has 2 saturated carbocycles. The second-order valence-electron chi connectivity index (χ2n) is 17.1. The van der Waals surface area contributed by atoms with Gasteiger partial charge in [-0.25, -0.2) is 4.79 Å². The summed E-state index contributed by atoms with van der Waals surface area (Å²) in [7, 11) is 0. The van der Waals surface area contributed by atoms with E-state index in [0.717, 1.165) is 128 Å². The van der Waals surface area contributed by atoms with E-state index in [9.17, 15) is 4.79 Å². The fourth-order valence-corrected chi connectivity index (χ4v) is 8.91. The Morgan fingerprint density at radius 1 is 0.962 bits per heavy atom. The number of fused-ring (bicyclic) bond motifs is 2. The molecule has 52 heavy (non-hydrogen) atoms. The minimum atomic E-state index is -0.492. The molecule has 5 aliphatic rings. The molecule has 3 saturated heterocycles. The number of carbonyl (C=O) groups excluding carboxylic acids is 1. The first-order chi connectivity index (χ1) is 25.1. The summed E-state index contributed by atoms with van der Waals surface area (Å²) in [5, 5.41) is 9.75. The lowest BCUT2D eigenvalue weighted by Crippen LogP contribution is -2.62. The molecule has 1 N–H and O–H groups in total. The van der Waals surface area contributed by atoms with Crippen LogP contribution in [0.25, 0.3) is 32.9 Å². The molecule has 0 atom stereocenters. The molecule has 5 fully saturated rings. The zero-order valence-electron chi connectivity index (χ0n) is 31.5. The van der Waals surface area contributed by atoms with Crippen molar-refractivity contribution in [1.29, 1.82) is 0 Å². The fourth-order valence-electron chi connectivity index (χ4n) is 8.91. The molecule has 1 spiro atoms. The van der Waals surface area contributed by atoms with Gasteiger partial charge in [0.15, 0.2) is 5.75 Å². The molecule has 2 aliphatic carbocycles. The van der Waals surface area contributed by atoms with Crippen molar-refractivity contribution in [2.75, 3.05) is 50.8 Å². The van der Waals surface area contributed by atoms with E-state index >= 15 is 0 Å². The smallest absolute Gasteiger partial charge is 0.410 e. The number of amides is 1. The molecule has 2 aromatic heterocycles. The summed E-state index contributed by atoms with van der Waals surface area (Å²) in [5.41, 5.74) is 6.24. The van der Waals surface area contributed by atoms with Gasteiger partial charge < -0.3 is 28.9 Å². The number of H-pyrrole nitrogens is 1. The SMILES string of the molecule is CCOc1c(-c2c(C)ccc3[nH]ncc23)c(C2CC2)cc2c(N3CCC4(CC3)CN(C(=O)OC(C)(C)C)C4)nc(OC3CCN(C4CC4)CC3)nc12. The Bertz CT molecular complexity index is 1990. The number of hydrogen-bond acceptors (Lipinski definition) is 9. The largest absolute Gasteiger partial charge is 0.491 e. The van der Waals surface area contributed by atoms with E-state index in [1.165, 1.54) is 24.0 Å². The minimum Gasteiger partial charge on any atom is -0.491 e. The topological polar surface area (TPSA) is 109 Å². The number of piperidine rings is 2. The highest BCUT2D eigenvalue weighted by Crippen LogP contribution is 2.53. The van der Waals surface area contributed by atoms with Gasteiger partial charge in [-0.3, -0.25) is 5.10 Å². The molecule has 2 aromatic carbocycles. The van der Waals surface area contributed by atoms with Crippen LogP contribution in [0.2, 0.25) is 0 Å². The number of anilines is 1. The highest BCUT2D eigenvalue weighted by molar-refractivity contribution is 6.06. The van der Waals surface area contributed by atoms with Crippen LogP contribution in [0.5, 0.6) is 11.8 Å². The number of likely N-dealkylation sites (tertiary alicyclic amines) is 2. The lowest BCUT2D eigenvalue weighted by Gasteiger charge is -2.53.